The third kappa shape index (κ3) is 7.54. The van der Waals surface area contributed by atoms with Crippen LogP contribution in [0, 0.1) is 17.2 Å². The van der Waals surface area contributed by atoms with Crippen molar-refractivity contribution in [3.8, 4) is 0 Å². The minimum atomic E-state index is -0.673. The number of ether oxygens (including phenoxy) is 1. The van der Waals surface area contributed by atoms with Crippen molar-refractivity contribution in [2.45, 2.75) is 114 Å². The minimum absolute atomic E-state index is 0.0769. The first-order chi connectivity index (χ1) is 23.6. The summed E-state index contributed by atoms with van der Waals surface area (Å²) in [6, 6.07) is 5.72. The van der Waals surface area contributed by atoms with E-state index in [0.29, 0.717) is 55.4 Å². The van der Waals surface area contributed by atoms with E-state index >= 15 is 0 Å². The first-order valence-electron chi connectivity index (χ1n) is 18.1. The second-order valence-electron chi connectivity index (χ2n) is 14.8. The number of anilines is 1. The van der Waals surface area contributed by atoms with E-state index in [-0.39, 0.29) is 35.2 Å². The molecule has 12 heteroatoms. The van der Waals surface area contributed by atoms with Gasteiger partial charge in [0.15, 0.2) is 0 Å². The Kier molecular flexibility index (Phi) is 10.2. The van der Waals surface area contributed by atoms with Crippen LogP contribution in [0.5, 0.6) is 0 Å². The standard InChI is InChI=1S/C21H28FN3O3.C16H23N3O2/c1-3-17(26)24-18(19(27)25-10-11-28-20(13-25)6-7-20)21(8-9-21)14-4-5-16(23-2)15(22)12-14;1-2-19-14(5-9-17-19)15(21)18-13(11-20)12-4-3-6-16(10-12)7-8-16/h4-5,12,18,23H,3,6-11,13H2,1-2H3,(H,24,26);5,9,11-13H,2-4,6-8,10H2,1H3,(H,18,21). The van der Waals surface area contributed by atoms with Crippen LogP contribution in [0.2, 0.25) is 0 Å². The molecule has 2 heterocycles. The van der Waals surface area contributed by atoms with Gasteiger partial charge in [0.1, 0.15) is 23.8 Å². The van der Waals surface area contributed by atoms with Crippen molar-refractivity contribution in [3.05, 3.63) is 47.5 Å². The number of aldehydes is 1. The summed E-state index contributed by atoms with van der Waals surface area (Å²) in [4.78, 5) is 51.3. The van der Waals surface area contributed by atoms with Gasteiger partial charge in [-0.3, -0.25) is 19.1 Å². The average Bonchev–Trinajstić information content (AvgIpc) is 4.09. The normalized spacial score (nSPS) is 23.3. The quantitative estimate of drug-likeness (QED) is 0.301. The molecule has 1 aromatic heterocycles. The zero-order valence-corrected chi connectivity index (χ0v) is 29.1. The molecule has 2 spiro atoms. The summed E-state index contributed by atoms with van der Waals surface area (Å²) < 4.78 is 21.9. The zero-order chi connectivity index (χ0) is 34.8. The van der Waals surface area contributed by atoms with E-state index in [4.69, 9.17) is 4.74 Å². The summed E-state index contributed by atoms with van der Waals surface area (Å²) in [7, 11) is 1.67. The molecule has 2 aromatic rings. The monoisotopic (exact) mass is 678 g/mol. The number of rotatable bonds is 11. The lowest BCUT2D eigenvalue weighted by molar-refractivity contribution is -0.145. The van der Waals surface area contributed by atoms with Crippen LogP contribution in [0.3, 0.4) is 0 Å². The highest BCUT2D eigenvalue weighted by Gasteiger charge is 2.57. The molecule has 1 aliphatic heterocycles. The molecule has 1 saturated heterocycles. The Hall–Kier alpha value is -3.80. The highest BCUT2D eigenvalue weighted by Crippen LogP contribution is 2.58. The van der Waals surface area contributed by atoms with Crippen molar-refractivity contribution >= 4 is 29.7 Å². The summed E-state index contributed by atoms with van der Waals surface area (Å²) in [5, 5.41) is 12.8. The fraction of sp³-hybridized carbons (Fsp3) is 0.649. The average molecular weight is 679 g/mol. The number of carbonyl (C=O) groups is 4. The fourth-order valence-electron chi connectivity index (χ4n) is 7.97. The predicted molar refractivity (Wildman–Crippen MR) is 182 cm³/mol. The molecular weight excluding hydrogens is 627 g/mol. The number of nitrogens with zero attached hydrogens (tertiary/aromatic N) is 3. The third-order valence-electron chi connectivity index (χ3n) is 11.5. The maximum atomic E-state index is 14.4. The van der Waals surface area contributed by atoms with Gasteiger partial charge in [-0.2, -0.15) is 5.10 Å². The number of aryl methyl sites for hydroxylation is 1. The largest absolute Gasteiger partial charge is 0.386 e. The Bertz CT molecular complexity index is 1550. The SMILES string of the molecule is CCC(=O)NC(C(=O)N1CCOC2(CC2)C1)C1(c2ccc(NC)c(F)c2)CC1.CCn1nccc1C(=O)NC(C=O)C1CCCC2(CC2)C1. The van der Waals surface area contributed by atoms with Gasteiger partial charge >= 0.3 is 0 Å². The number of nitrogens with one attached hydrogen (secondary N) is 3. The molecule has 4 aliphatic carbocycles. The molecule has 266 valence electrons. The molecule has 11 nitrogen and oxygen atoms in total. The van der Waals surface area contributed by atoms with Gasteiger partial charge in [0, 0.05) is 44.7 Å². The zero-order valence-electron chi connectivity index (χ0n) is 29.1. The summed E-state index contributed by atoms with van der Waals surface area (Å²) in [6.07, 6.45) is 13.5. The van der Waals surface area contributed by atoms with E-state index in [1.807, 2.05) is 17.9 Å². The van der Waals surface area contributed by atoms with E-state index in [2.05, 4.69) is 21.0 Å². The highest BCUT2D eigenvalue weighted by atomic mass is 19.1. The number of aromatic nitrogens is 2. The second kappa shape index (κ2) is 14.2. The minimum Gasteiger partial charge on any atom is -0.386 e. The first-order valence-corrected chi connectivity index (χ1v) is 18.1. The van der Waals surface area contributed by atoms with Gasteiger partial charge in [0.25, 0.3) is 5.91 Å². The van der Waals surface area contributed by atoms with Crippen LogP contribution in [0.1, 0.15) is 101 Å². The predicted octanol–water partition coefficient (Wildman–Crippen LogP) is 4.36. The molecule has 0 radical (unpaired) electrons. The van der Waals surface area contributed by atoms with Gasteiger partial charge in [-0.1, -0.05) is 19.4 Å². The maximum Gasteiger partial charge on any atom is 0.270 e. The van der Waals surface area contributed by atoms with Crippen LogP contribution >= 0.6 is 0 Å². The Morgan fingerprint density at radius 2 is 1.86 bits per heavy atom. The molecule has 5 fully saturated rings. The molecule has 3 atom stereocenters. The molecular formula is C37H51FN6O5. The Morgan fingerprint density at radius 3 is 2.47 bits per heavy atom. The lowest BCUT2D eigenvalue weighted by Crippen LogP contribution is -2.58. The van der Waals surface area contributed by atoms with Crippen molar-refractivity contribution in [1.82, 2.24) is 25.3 Å². The maximum absolute atomic E-state index is 14.4. The van der Waals surface area contributed by atoms with E-state index in [0.717, 1.165) is 50.4 Å². The number of halogens is 1. The molecule has 1 aromatic carbocycles. The van der Waals surface area contributed by atoms with Crippen LogP contribution in [0.15, 0.2) is 30.5 Å². The first kappa shape index (κ1) is 35.0. The Balaban J connectivity index is 0.000000177. The second-order valence-corrected chi connectivity index (χ2v) is 14.8. The molecule has 49 heavy (non-hydrogen) atoms. The summed E-state index contributed by atoms with van der Waals surface area (Å²) in [5.74, 6) is -0.483. The van der Waals surface area contributed by atoms with Crippen molar-refractivity contribution < 1.29 is 28.3 Å². The van der Waals surface area contributed by atoms with Crippen LogP contribution < -0.4 is 16.0 Å². The number of amides is 3. The van der Waals surface area contributed by atoms with E-state index < -0.39 is 11.5 Å². The van der Waals surface area contributed by atoms with Crippen LogP contribution in [0.4, 0.5) is 10.1 Å². The van der Waals surface area contributed by atoms with Gasteiger partial charge in [0.2, 0.25) is 11.8 Å². The van der Waals surface area contributed by atoms with Gasteiger partial charge < -0.3 is 30.4 Å². The number of benzene rings is 1. The summed E-state index contributed by atoms with van der Waals surface area (Å²) >= 11 is 0. The van der Waals surface area contributed by atoms with Gasteiger partial charge in [0.05, 0.1) is 23.9 Å². The lowest BCUT2D eigenvalue weighted by atomic mass is 9.76. The van der Waals surface area contributed by atoms with Gasteiger partial charge in [-0.15, -0.1) is 0 Å². The molecule has 3 amide bonds. The van der Waals surface area contributed by atoms with E-state index in [9.17, 15) is 23.6 Å². The summed E-state index contributed by atoms with van der Waals surface area (Å²) in [5.41, 5.74) is 1.51. The van der Waals surface area contributed by atoms with Crippen molar-refractivity contribution in [3.63, 3.8) is 0 Å². The lowest BCUT2D eigenvalue weighted by Gasteiger charge is -2.38. The van der Waals surface area contributed by atoms with Crippen molar-refractivity contribution in [1.29, 1.82) is 0 Å². The smallest absolute Gasteiger partial charge is 0.270 e. The number of hydrogen-bond acceptors (Lipinski definition) is 7. The fourth-order valence-corrected chi connectivity index (χ4v) is 7.97. The van der Waals surface area contributed by atoms with Crippen LogP contribution in [-0.4, -0.2) is 83.1 Å². The number of carbonyl (C=O) groups excluding carboxylic acids is 4. The Labute approximate surface area is 288 Å². The molecule has 3 unspecified atom stereocenters. The third-order valence-corrected chi connectivity index (χ3v) is 11.5. The molecule has 3 N–H and O–H groups in total. The highest BCUT2D eigenvalue weighted by molar-refractivity contribution is 5.94. The summed E-state index contributed by atoms with van der Waals surface area (Å²) in [6.45, 7) is 5.99. The molecule has 0 bridgehead atoms. The molecule has 4 saturated carbocycles. The van der Waals surface area contributed by atoms with Crippen LogP contribution in [-0.2, 0) is 31.1 Å². The van der Waals surface area contributed by atoms with E-state index in [1.54, 1.807) is 37.0 Å². The van der Waals surface area contributed by atoms with Gasteiger partial charge in [-0.05, 0) is 99.8 Å². The molecule has 5 aliphatic rings. The van der Waals surface area contributed by atoms with Crippen molar-refractivity contribution in [2.75, 3.05) is 32.1 Å². The molecule has 7 rings (SSSR count). The Morgan fingerprint density at radius 1 is 1.08 bits per heavy atom. The van der Waals surface area contributed by atoms with Gasteiger partial charge in [-0.25, -0.2) is 4.39 Å². The van der Waals surface area contributed by atoms with Crippen LogP contribution in [0.25, 0.3) is 0 Å². The number of morpholine rings is 1. The number of hydrogen-bond donors (Lipinski definition) is 3. The van der Waals surface area contributed by atoms with E-state index in [1.165, 1.54) is 31.7 Å². The van der Waals surface area contributed by atoms with Crippen molar-refractivity contribution in [2.24, 2.45) is 11.3 Å². The topological polar surface area (TPSA) is 135 Å².